The number of hydrogen-bond donors (Lipinski definition) is 3. The number of nitrogens with one attached hydrogen (secondary N) is 3. The third-order valence-corrected chi connectivity index (χ3v) is 13.9. The van der Waals surface area contributed by atoms with Crippen molar-refractivity contribution in [1.82, 2.24) is 50.2 Å². The lowest BCUT2D eigenvalue weighted by Crippen LogP contribution is -2.53. The number of pyridine rings is 1. The number of hydrogen-bond acceptors (Lipinski definition) is 12. The van der Waals surface area contributed by atoms with Gasteiger partial charge >= 0.3 is 0 Å². The number of benzene rings is 3. The molecule has 3 N–H and O–H groups in total. The van der Waals surface area contributed by atoms with E-state index in [-0.39, 0.29) is 41.1 Å². The van der Waals surface area contributed by atoms with Crippen LogP contribution in [0.1, 0.15) is 68.9 Å². The highest BCUT2D eigenvalue weighted by atomic mass is 19.1. The minimum absolute atomic E-state index is 0.000447. The molecule has 4 amide bonds. The number of rotatable bonds is 15. The second-order valence-electron chi connectivity index (χ2n) is 18.8. The SMILES string of the molecule is CCc1cccc(-c2cnc(C(=O)N3CCN(CC4CCN(CC(=O)N5CCN(C(=O)c6cc(Cc7n[nH]c(=O)c8ccccc78)ccc6F)CC5)CC4)CC3)c(NC(=O)CNCc3cc(C)no3)c2)c1. The summed E-state index contributed by atoms with van der Waals surface area (Å²) < 4.78 is 20.4. The van der Waals surface area contributed by atoms with Gasteiger partial charge in [-0.1, -0.05) is 60.6 Å². The predicted octanol–water partition coefficient (Wildman–Crippen LogP) is 4.76. The molecule has 3 aliphatic heterocycles. The summed E-state index contributed by atoms with van der Waals surface area (Å²) in [4.78, 5) is 81.1. The molecule has 0 radical (unpaired) electrons. The van der Waals surface area contributed by atoms with E-state index in [0.717, 1.165) is 68.8 Å². The lowest BCUT2D eigenvalue weighted by Gasteiger charge is -2.39. The number of piperazine rings is 2. The number of fused-ring (bicyclic) bond motifs is 1. The first-order chi connectivity index (χ1) is 34.5. The smallest absolute Gasteiger partial charge is 0.274 e. The summed E-state index contributed by atoms with van der Waals surface area (Å²) in [6.07, 6.45) is 4.80. The number of amides is 4. The molecule has 0 aliphatic carbocycles. The summed E-state index contributed by atoms with van der Waals surface area (Å²) in [5.41, 5.74) is 5.25. The van der Waals surface area contributed by atoms with Crippen molar-refractivity contribution in [2.45, 2.75) is 46.1 Å². The molecule has 17 nitrogen and oxygen atoms in total. The van der Waals surface area contributed by atoms with E-state index in [0.29, 0.717) is 98.2 Å². The average Bonchev–Trinajstić information content (AvgIpc) is 3.82. The van der Waals surface area contributed by atoms with Crippen LogP contribution < -0.4 is 16.2 Å². The number of carbonyl (C=O) groups is 4. The van der Waals surface area contributed by atoms with Gasteiger partial charge in [0.1, 0.15) is 5.82 Å². The van der Waals surface area contributed by atoms with Crippen LogP contribution in [0.15, 0.2) is 94.4 Å². The molecule has 3 aromatic heterocycles. The van der Waals surface area contributed by atoms with Gasteiger partial charge in [-0.15, -0.1) is 0 Å². The van der Waals surface area contributed by atoms with Crippen molar-refractivity contribution in [2.24, 2.45) is 5.92 Å². The maximum atomic E-state index is 15.1. The summed E-state index contributed by atoms with van der Waals surface area (Å²) in [6.45, 7) is 11.0. The first kappa shape index (κ1) is 48.9. The zero-order valence-corrected chi connectivity index (χ0v) is 40.3. The standard InChI is InChI=1S/C53H60FN11O6/c1-3-36-7-6-8-39(26-36)40-29-47(57-48(66)32-55-31-41-25-35(2)60-71-41)50(56-30-40)53(70)65-19-17-62(18-20-65)33-37-13-15-61(16-14-37)34-49(67)63-21-23-64(24-22-63)52(69)44-27-38(11-12-45(44)54)28-46-42-9-4-5-10-43(42)51(68)59-58-46/h4-12,25-27,29-30,37,55H,3,13-24,28,31-34H2,1-2H3,(H,57,66)(H,59,68). The van der Waals surface area contributed by atoms with Crippen LogP contribution in [-0.4, -0.2) is 154 Å². The van der Waals surface area contributed by atoms with Gasteiger partial charge in [-0.25, -0.2) is 14.5 Å². The van der Waals surface area contributed by atoms with Crippen LogP contribution in [-0.2, 0) is 29.0 Å². The summed E-state index contributed by atoms with van der Waals surface area (Å²) in [5, 5.41) is 17.9. The number of piperidine rings is 1. The molecule has 0 saturated carbocycles. The Balaban J connectivity index is 0.721. The highest BCUT2D eigenvalue weighted by Crippen LogP contribution is 2.28. The van der Waals surface area contributed by atoms with Gasteiger partial charge in [0.2, 0.25) is 11.8 Å². The van der Waals surface area contributed by atoms with Gasteiger partial charge in [0, 0.05) is 88.5 Å². The first-order valence-electron chi connectivity index (χ1n) is 24.6. The van der Waals surface area contributed by atoms with Gasteiger partial charge in [-0.3, -0.25) is 33.8 Å². The third-order valence-electron chi connectivity index (χ3n) is 13.9. The largest absolute Gasteiger partial charge is 0.360 e. The second-order valence-corrected chi connectivity index (χ2v) is 18.8. The summed E-state index contributed by atoms with van der Waals surface area (Å²) in [5.74, 6) is -0.454. The fourth-order valence-corrected chi connectivity index (χ4v) is 9.79. The Labute approximate surface area is 411 Å². The van der Waals surface area contributed by atoms with E-state index in [1.807, 2.05) is 42.2 Å². The Bertz CT molecular complexity index is 2950. The van der Waals surface area contributed by atoms with Gasteiger partial charge in [0.05, 0.1) is 47.7 Å². The number of likely N-dealkylation sites (tertiary alicyclic amines) is 1. The van der Waals surface area contributed by atoms with Crippen LogP contribution in [0, 0.1) is 18.7 Å². The van der Waals surface area contributed by atoms with Gasteiger partial charge in [0.15, 0.2) is 11.5 Å². The van der Waals surface area contributed by atoms with E-state index in [1.54, 1.807) is 46.3 Å². The zero-order valence-electron chi connectivity index (χ0n) is 40.3. The monoisotopic (exact) mass is 965 g/mol. The van der Waals surface area contributed by atoms with Crippen molar-refractivity contribution < 1.29 is 28.1 Å². The quantitative estimate of drug-likeness (QED) is 0.128. The van der Waals surface area contributed by atoms with E-state index in [4.69, 9.17) is 4.52 Å². The highest BCUT2D eigenvalue weighted by Gasteiger charge is 2.31. The number of anilines is 1. The maximum absolute atomic E-state index is 15.1. The molecular weight excluding hydrogens is 906 g/mol. The van der Waals surface area contributed by atoms with Gasteiger partial charge < -0.3 is 29.9 Å². The van der Waals surface area contributed by atoms with E-state index in [9.17, 15) is 24.0 Å². The number of H-pyrrole nitrogens is 1. The number of halogens is 1. The molecule has 6 heterocycles. The summed E-state index contributed by atoms with van der Waals surface area (Å²) >= 11 is 0. The second kappa shape index (κ2) is 22.3. The molecule has 3 aliphatic rings. The summed E-state index contributed by atoms with van der Waals surface area (Å²) in [6, 6.07) is 23.4. The molecule has 9 rings (SSSR count). The molecule has 370 valence electrons. The Morgan fingerprint density at radius 3 is 2.25 bits per heavy atom. The predicted molar refractivity (Wildman–Crippen MR) is 266 cm³/mol. The Kier molecular flexibility index (Phi) is 15.3. The van der Waals surface area contributed by atoms with E-state index >= 15 is 4.39 Å². The van der Waals surface area contributed by atoms with Gasteiger partial charge in [-0.2, -0.15) is 5.10 Å². The van der Waals surface area contributed by atoms with Crippen molar-refractivity contribution in [1.29, 1.82) is 0 Å². The molecular formula is C53H60FN11O6. The molecule has 3 aromatic carbocycles. The zero-order chi connectivity index (χ0) is 49.4. The number of nitrogens with zero attached hydrogens (tertiary/aromatic N) is 8. The minimum Gasteiger partial charge on any atom is -0.360 e. The number of aromatic nitrogens is 4. The normalized spacial score (nSPS) is 16.1. The maximum Gasteiger partial charge on any atom is 0.274 e. The lowest BCUT2D eigenvalue weighted by molar-refractivity contribution is -0.134. The van der Waals surface area contributed by atoms with Crippen LogP contribution in [0.2, 0.25) is 0 Å². The summed E-state index contributed by atoms with van der Waals surface area (Å²) in [7, 11) is 0. The minimum atomic E-state index is -0.612. The highest BCUT2D eigenvalue weighted by molar-refractivity contribution is 6.03. The Morgan fingerprint density at radius 1 is 0.775 bits per heavy atom. The lowest BCUT2D eigenvalue weighted by atomic mass is 9.96. The van der Waals surface area contributed by atoms with Gasteiger partial charge in [-0.05, 0) is 86.1 Å². The van der Waals surface area contributed by atoms with E-state index < -0.39 is 11.7 Å². The Morgan fingerprint density at radius 2 is 1.51 bits per heavy atom. The van der Waals surface area contributed by atoms with Crippen LogP contribution in [0.5, 0.6) is 0 Å². The van der Waals surface area contributed by atoms with Crippen molar-refractivity contribution in [3.63, 3.8) is 0 Å². The molecule has 3 saturated heterocycles. The van der Waals surface area contributed by atoms with Crippen molar-refractivity contribution in [2.75, 3.05) is 90.4 Å². The Hall–Kier alpha value is -7.15. The number of aromatic amines is 1. The fourth-order valence-electron chi connectivity index (χ4n) is 9.79. The third kappa shape index (κ3) is 11.9. The van der Waals surface area contributed by atoms with Crippen LogP contribution in [0.3, 0.4) is 0 Å². The van der Waals surface area contributed by atoms with Gasteiger partial charge in [0.25, 0.3) is 17.4 Å². The number of aryl methyl sites for hydroxylation is 2. The molecule has 0 atom stereocenters. The molecule has 0 unspecified atom stereocenters. The van der Waals surface area contributed by atoms with Crippen molar-refractivity contribution in [3.05, 3.63) is 141 Å². The fraction of sp³-hybridized carbons (Fsp3) is 0.396. The topological polar surface area (TPSA) is 193 Å². The van der Waals surface area contributed by atoms with E-state index in [2.05, 4.69) is 59.8 Å². The van der Waals surface area contributed by atoms with Crippen molar-refractivity contribution in [3.8, 4) is 11.1 Å². The van der Waals surface area contributed by atoms with Crippen molar-refractivity contribution >= 4 is 40.1 Å². The average molecular weight is 966 g/mol. The molecule has 71 heavy (non-hydrogen) atoms. The van der Waals surface area contributed by atoms with E-state index in [1.165, 1.54) is 11.6 Å². The number of carbonyl (C=O) groups excluding carboxylic acids is 4. The first-order valence-corrected chi connectivity index (χ1v) is 24.6. The molecule has 18 heteroatoms. The van der Waals surface area contributed by atoms with Crippen LogP contribution in [0.4, 0.5) is 10.1 Å². The molecule has 0 spiro atoms. The molecule has 3 fully saturated rings. The van der Waals surface area contributed by atoms with Crippen LogP contribution >= 0.6 is 0 Å². The molecule has 0 bridgehead atoms. The molecule has 6 aromatic rings. The van der Waals surface area contributed by atoms with Crippen LogP contribution in [0.25, 0.3) is 21.9 Å².